The number of Topliss-reactive ketones (excluding diaryl/α,β-unsaturated/α-hetero) is 1. The Balaban J connectivity index is 1.93. The van der Waals surface area contributed by atoms with E-state index in [9.17, 15) is 14.7 Å². The molecule has 0 radical (unpaired) electrons. The number of methoxy groups -OCH3 is 1. The lowest BCUT2D eigenvalue weighted by Crippen LogP contribution is -2.29. The highest BCUT2D eigenvalue weighted by molar-refractivity contribution is 6.51. The van der Waals surface area contributed by atoms with Gasteiger partial charge in [0, 0.05) is 16.8 Å². The number of hydrogen-bond acceptors (Lipinski definition) is 5. The van der Waals surface area contributed by atoms with Crippen molar-refractivity contribution >= 4 is 23.1 Å². The van der Waals surface area contributed by atoms with Gasteiger partial charge < -0.3 is 14.6 Å². The number of carbonyl (C=O) groups is 2. The fourth-order valence-electron chi connectivity index (χ4n) is 4.40. The molecule has 0 saturated carbocycles. The molecule has 0 aromatic heterocycles. The topological polar surface area (TPSA) is 76.1 Å². The van der Waals surface area contributed by atoms with Gasteiger partial charge in [0.2, 0.25) is 0 Å². The van der Waals surface area contributed by atoms with Gasteiger partial charge >= 0.3 is 0 Å². The Morgan fingerprint density at radius 2 is 1.69 bits per heavy atom. The Morgan fingerprint density at radius 1 is 0.943 bits per heavy atom. The smallest absolute Gasteiger partial charge is 0.300 e. The summed E-state index contributed by atoms with van der Waals surface area (Å²) in [6.45, 7) is 7.67. The molecule has 1 unspecified atom stereocenters. The number of aliphatic hydroxyl groups is 1. The summed E-state index contributed by atoms with van der Waals surface area (Å²) in [4.78, 5) is 28.2. The molecule has 6 nitrogen and oxygen atoms in total. The van der Waals surface area contributed by atoms with E-state index in [4.69, 9.17) is 9.47 Å². The van der Waals surface area contributed by atoms with Gasteiger partial charge in [-0.15, -0.1) is 0 Å². The Morgan fingerprint density at radius 3 is 2.34 bits per heavy atom. The first-order valence-electron chi connectivity index (χ1n) is 11.5. The quantitative estimate of drug-likeness (QED) is 0.282. The lowest BCUT2D eigenvalue weighted by molar-refractivity contribution is -0.132. The van der Waals surface area contributed by atoms with Gasteiger partial charge in [-0.3, -0.25) is 14.5 Å². The molecule has 1 fully saturated rings. The average Bonchev–Trinajstić information content (AvgIpc) is 3.09. The van der Waals surface area contributed by atoms with Crippen LogP contribution in [0.2, 0.25) is 0 Å². The third-order valence-corrected chi connectivity index (χ3v) is 5.97. The van der Waals surface area contributed by atoms with E-state index in [-0.39, 0.29) is 17.4 Å². The van der Waals surface area contributed by atoms with Crippen LogP contribution < -0.4 is 14.4 Å². The fraction of sp³-hybridized carbons (Fsp3) is 0.241. The summed E-state index contributed by atoms with van der Waals surface area (Å²) in [6, 6.07) is 18.9. The summed E-state index contributed by atoms with van der Waals surface area (Å²) in [5.41, 5.74) is 3.37. The normalized spacial score (nSPS) is 17.2. The molecule has 0 aliphatic carbocycles. The minimum atomic E-state index is -0.861. The van der Waals surface area contributed by atoms with Crippen molar-refractivity contribution in [2.75, 3.05) is 12.0 Å². The Bertz CT molecular complexity index is 1320. The van der Waals surface area contributed by atoms with Crippen LogP contribution in [0, 0.1) is 13.8 Å². The minimum absolute atomic E-state index is 0.00153. The van der Waals surface area contributed by atoms with Crippen LogP contribution in [0.5, 0.6) is 11.5 Å². The average molecular weight is 472 g/mol. The summed E-state index contributed by atoms with van der Waals surface area (Å²) < 4.78 is 11.4. The van der Waals surface area contributed by atoms with E-state index in [0.717, 1.165) is 11.1 Å². The molecule has 35 heavy (non-hydrogen) atoms. The lowest BCUT2D eigenvalue weighted by Gasteiger charge is -2.27. The third kappa shape index (κ3) is 4.52. The van der Waals surface area contributed by atoms with Gasteiger partial charge in [0.25, 0.3) is 11.7 Å². The maximum atomic E-state index is 13.4. The van der Waals surface area contributed by atoms with Gasteiger partial charge in [-0.2, -0.15) is 0 Å². The van der Waals surface area contributed by atoms with E-state index in [0.29, 0.717) is 28.3 Å². The molecule has 180 valence electrons. The highest BCUT2D eigenvalue weighted by atomic mass is 16.5. The van der Waals surface area contributed by atoms with Gasteiger partial charge in [0.15, 0.2) is 0 Å². The van der Waals surface area contributed by atoms with Crippen molar-refractivity contribution < 1.29 is 24.2 Å². The van der Waals surface area contributed by atoms with Crippen LogP contribution in [0.25, 0.3) is 5.76 Å². The molecule has 1 amide bonds. The molecule has 1 heterocycles. The first kappa shape index (κ1) is 24.1. The number of hydrogen-bond donors (Lipinski definition) is 1. The van der Waals surface area contributed by atoms with Crippen molar-refractivity contribution in [3.05, 3.63) is 94.6 Å². The van der Waals surface area contributed by atoms with Crippen LogP contribution in [0.4, 0.5) is 5.69 Å². The molecular weight excluding hydrogens is 442 g/mol. The van der Waals surface area contributed by atoms with Gasteiger partial charge in [-0.05, 0) is 75.2 Å². The molecule has 0 spiro atoms. The zero-order chi connectivity index (χ0) is 25.3. The summed E-state index contributed by atoms with van der Waals surface area (Å²) >= 11 is 0. The van der Waals surface area contributed by atoms with Crippen LogP contribution >= 0.6 is 0 Å². The molecule has 1 aliphatic rings. The first-order valence-corrected chi connectivity index (χ1v) is 11.5. The van der Waals surface area contributed by atoms with Crippen LogP contribution in [0.1, 0.15) is 42.1 Å². The van der Waals surface area contributed by atoms with E-state index in [1.807, 2.05) is 58.0 Å². The zero-order valence-corrected chi connectivity index (χ0v) is 20.5. The Kier molecular flexibility index (Phi) is 6.65. The van der Waals surface area contributed by atoms with Gasteiger partial charge in [-0.25, -0.2) is 0 Å². The zero-order valence-electron chi connectivity index (χ0n) is 20.5. The number of aryl methyl sites for hydroxylation is 2. The van der Waals surface area contributed by atoms with E-state index in [1.165, 1.54) is 12.0 Å². The first-order chi connectivity index (χ1) is 16.7. The van der Waals surface area contributed by atoms with Crippen molar-refractivity contribution in [3.8, 4) is 11.5 Å². The van der Waals surface area contributed by atoms with Crippen molar-refractivity contribution in [2.45, 2.75) is 39.8 Å². The van der Waals surface area contributed by atoms with Gasteiger partial charge in [0.05, 0.1) is 24.8 Å². The van der Waals surface area contributed by atoms with Crippen LogP contribution in [0.3, 0.4) is 0 Å². The largest absolute Gasteiger partial charge is 0.507 e. The maximum Gasteiger partial charge on any atom is 0.300 e. The van der Waals surface area contributed by atoms with Gasteiger partial charge in [0.1, 0.15) is 17.3 Å². The predicted molar refractivity (Wildman–Crippen MR) is 136 cm³/mol. The van der Waals surface area contributed by atoms with E-state index < -0.39 is 17.7 Å². The van der Waals surface area contributed by atoms with E-state index in [2.05, 4.69) is 0 Å². The number of rotatable bonds is 6. The number of nitrogens with zero attached hydrogens (tertiary/aromatic N) is 1. The highest BCUT2D eigenvalue weighted by Crippen LogP contribution is 2.45. The third-order valence-electron chi connectivity index (χ3n) is 5.97. The van der Waals surface area contributed by atoms with Crippen molar-refractivity contribution in [1.29, 1.82) is 0 Å². The second-order valence-electron chi connectivity index (χ2n) is 8.90. The van der Waals surface area contributed by atoms with Crippen molar-refractivity contribution in [3.63, 3.8) is 0 Å². The summed E-state index contributed by atoms with van der Waals surface area (Å²) in [6.07, 6.45) is -0.00153. The molecule has 3 aromatic carbocycles. The van der Waals surface area contributed by atoms with Gasteiger partial charge in [-0.1, -0.05) is 30.3 Å². The molecule has 1 atom stereocenters. The molecular formula is C29H29NO5. The molecule has 1 N–H and O–H groups in total. The maximum absolute atomic E-state index is 13.4. The summed E-state index contributed by atoms with van der Waals surface area (Å²) in [5, 5.41) is 11.4. The number of para-hydroxylation sites is 1. The number of carbonyl (C=O) groups excluding carboxylic acids is 2. The number of ether oxygens (including phenoxy) is 2. The minimum Gasteiger partial charge on any atom is -0.507 e. The van der Waals surface area contributed by atoms with E-state index in [1.54, 1.807) is 36.4 Å². The SMILES string of the molecule is COc1ccccc1C1/C(=C(\O)c2ccc(OC(C)C)c(C)c2)C(=O)C(=O)N1c1cccc(C)c1. The standard InChI is InChI=1S/C29H29NO5/c1-17(2)35-23-14-13-20(16-19(23)4)27(31)25-26(22-11-6-7-12-24(22)34-5)30(29(33)28(25)32)21-10-8-9-18(3)15-21/h6-17,26,31H,1-5H3/b27-25+. The number of anilines is 1. The highest BCUT2D eigenvalue weighted by Gasteiger charge is 2.48. The molecule has 1 aliphatic heterocycles. The molecule has 6 heteroatoms. The lowest BCUT2D eigenvalue weighted by atomic mass is 9.94. The summed E-state index contributed by atoms with van der Waals surface area (Å²) in [7, 11) is 1.54. The van der Waals surface area contributed by atoms with Crippen molar-refractivity contribution in [2.24, 2.45) is 0 Å². The summed E-state index contributed by atoms with van der Waals surface area (Å²) in [5.74, 6) is -0.490. The number of benzene rings is 3. The molecule has 3 aromatic rings. The molecule has 4 rings (SSSR count). The second-order valence-corrected chi connectivity index (χ2v) is 8.90. The predicted octanol–water partition coefficient (Wildman–Crippen LogP) is 5.73. The number of aliphatic hydroxyl groups excluding tert-OH is 1. The fourth-order valence-corrected chi connectivity index (χ4v) is 4.40. The van der Waals surface area contributed by atoms with Crippen molar-refractivity contribution in [1.82, 2.24) is 0 Å². The van der Waals surface area contributed by atoms with E-state index >= 15 is 0 Å². The Labute approximate surface area is 205 Å². The number of amides is 1. The Hall–Kier alpha value is -4.06. The van der Waals surface area contributed by atoms with Crippen LogP contribution in [-0.2, 0) is 9.59 Å². The number of ketones is 1. The second kappa shape index (κ2) is 9.66. The molecule has 1 saturated heterocycles. The van der Waals surface area contributed by atoms with Crippen LogP contribution in [0.15, 0.2) is 72.3 Å². The van der Waals surface area contributed by atoms with Crippen LogP contribution in [-0.4, -0.2) is 30.0 Å². The molecule has 0 bridgehead atoms. The monoisotopic (exact) mass is 471 g/mol.